The molecule has 0 heterocycles. The van der Waals surface area contributed by atoms with Gasteiger partial charge in [0, 0.05) is 19.3 Å². The van der Waals surface area contributed by atoms with Crippen molar-refractivity contribution < 1.29 is 19.7 Å². The minimum Gasteiger partial charge on any atom is -0.458 e. The van der Waals surface area contributed by atoms with Gasteiger partial charge in [0.25, 0.3) is 0 Å². The Morgan fingerprint density at radius 1 is 1.19 bits per heavy atom. The summed E-state index contributed by atoms with van der Waals surface area (Å²) in [4.78, 5) is 13.4. The molecule has 0 spiro atoms. The van der Waals surface area contributed by atoms with Crippen molar-refractivity contribution >= 4 is 5.97 Å². The minimum absolute atomic E-state index is 0.164. The third-order valence-electron chi connectivity index (χ3n) is 7.45. The van der Waals surface area contributed by atoms with E-state index in [1.165, 1.54) is 5.57 Å². The molecule has 0 aliphatic heterocycles. The van der Waals surface area contributed by atoms with Gasteiger partial charge in [-0.15, -0.1) is 0 Å². The molecule has 0 aromatic rings. The van der Waals surface area contributed by atoms with Crippen LogP contribution in [0.3, 0.4) is 0 Å². The molecule has 26 heavy (non-hydrogen) atoms. The smallest absolute Gasteiger partial charge is 0.316 e. The summed E-state index contributed by atoms with van der Waals surface area (Å²) in [7, 11) is 0. The number of ether oxygens (including phenoxy) is 1. The van der Waals surface area contributed by atoms with Crippen LogP contribution in [0.1, 0.15) is 86.0 Å². The molecule has 0 radical (unpaired) electrons. The summed E-state index contributed by atoms with van der Waals surface area (Å²) in [6, 6.07) is 0. The molecular weight excluding hydrogens is 328 g/mol. The maximum absolute atomic E-state index is 13.4. The highest BCUT2D eigenvalue weighted by Gasteiger charge is 2.65. The minimum atomic E-state index is -0.879. The van der Waals surface area contributed by atoms with Gasteiger partial charge in [-0.1, -0.05) is 38.8 Å². The number of carbonyl (C=O) groups excluding carboxylic acids is 1. The average molecular weight is 365 g/mol. The van der Waals surface area contributed by atoms with Crippen molar-refractivity contribution in [3.63, 3.8) is 0 Å². The van der Waals surface area contributed by atoms with Crippen molar-refractivity contribution in [2.75, 3.05) is 0 Å². The summed E-state index contributed by atoms with van der Waals surface area (Å²) in [5, 5.41) is 21.8. The molecule has 0 aromatic heterocycles. The van der Waals surface area contributed by atoms with E-state index in [-0.39, 0.29) is 17.8 Å². The number of hydrogen-bond acceptors (Lipinski definition) is 4. The van der Waals surface area contributed by atoms with Crippen molar-refractivity contribution in [1.82, 2.24) is 0 Å². The highest BCUT2D eigenvalue weighted by molar-refractivity contribution is 5.79. The zero-order valence-electron chi connectivity index (χ0n) is 17.1. The summed E-state index contributed by atoms with van der Waals surface area (Å²) in [6.45, 7) is 10.3. The predicted octanol–water partition coefficient (Wildman–Crippen LogP) is 4.14. The first-order valence-corrected chi connectivity index (χ1v) is 10.3. The summed E-state index contributed by atoms with van der Waals surface area (Å²) in [5.41, 5.74) is -1.95. The first-order valence-electron chi connectivity index (χ1n) is 10.3. The van der Waals surface area contributed by atoms with Gasteiger partial charge in [-0.05, 0) is 51.4 Å². The molecule has 0 saturated heterocycles. The number of aliphatic hydroxyl groups is 2. The second kappa shape index (κ2) is 6.34. The Hall–Kier alpha value is -0.870. The number of carbonyl (C=O) groups is 1. The zero-order valence-corrected chi connectivity index (χ0v) is 17.1. The Morgan fingerprint density at radius 2 is 1.77 bits per heavy atom. The van der Waals surface area contributed by atoms with E-state index in [2.05, 4.69) is 33.8 Å². The van der Waals surface area contributed by atoms with Crippen LogP contribution in [0.2, 0.25) is 0 Å². The lowest BCUT2D eigenvalue weighted by Gasteiger charge is -2.62. The Kier molecular flexibility index (Phi) is 4.85. The topological polar surface area (TPSA) is 66.8 Å². The lowest BCUT2D eigenvalue weighted by Crippen LogP contribution is -2.67. The van der Waals surface area contributed by atoms with Crippen LogP contribution in [-0.2, 0) is 9.53 Å². The molecule has 4 unspecified atom stereocenters. The molecule has 4 atom stereocenters. The van der Waals surface area contributed by atoms with Crippen LogP contribution in [0.5, 0.6) is 0 Å². The molecule has 4 heteroatoms. The maximum Gasteiger partial charge on any atom is 0.316 e. The quantitative estimate of drug-likeness (QED) is 0.549. The van der Waals surface area contributed by atoms with E-state index in [9.17, 15) is 15.0 Å². The number of rotatable bonds is 6. The first-order chi connectivity index (χ1) is 12.0. The fourth-order valence-corrected chi connectivity index (χ4v) is 6.11. The van der Waals surface area contributed by atoms with Crippen molar-refractivity contribution in [3.8, 4) is 0 Å². The summed E-state index contributed by atoms with van der Waals surface area (Å²) >= 11 is 0. The van der Waals surface area contributed by atoms with E-state index in [1.54, 1.807) is 0 Å². The second-order valence-electron chi connectivity index (χ2n) is 9.97. The summed E-state index contributed by atoms with van der Waals surface area (Å²) in [5.74, 6) is 0.210. The van der Waals surface area contributed by atoms with Crippen LogP contribution < -0.4 is 0 Å². The fraction of sp³-hybridized carbons (Fsp3) is 0.864. The van der Waals surface area contributed by atoms with E-state index in [0.717, 1.165) is 32.1 Å². The SMILES string of the molecule is CC/C(C)=C\C(C)(C(=O)OC12CC3CC(O)(CC(O)(C3)C1)C2)C(C)CC. The molecule has 2 N–H and O–H groups in total. The third kappa shape index (κ3) is 3.35. The number of esters is 1. The molecule has 4 aliphatic rings. The van der Waals surface area contributed by atoms with Gasteiger partial charge in [-0.2, -0.15) is 0 Å². The van der Waals surface area contributed by atoms with Crippen LogP contribution in [0.15, 0.2) is 11.6 Å². The van der Waals surface area contributed by atoms with Crippen LogP contribution in [0.25, 0.3) is 0 Å². The van der Waals surface area contributed by atoms with E-state index in [0.29, 0.717) is 19.3 Å². The maximum atomic E-state index is 13.4. The van der Waals surface area contributed by atoms with Gasteiger partial charge in [0.05, 0.1) is 16.6 Å². The van der Waals surface area contributed by atoms with Crippen molar-refractivity contribution in [2.45, 2.75) is 103 Å². The number of hydrogen-bond donors (Lipinski definition) is 2. The predicted molar refractivity (Wildman–Crippen MR) is 102 cm³/mol. The molecule has 4 bridgehead atoms. The largest absolute Gasteiger partial charge is 0.458 e. The van der Waals surface area contributed by atoms with Crippen LogP contribution in [0.4, 0.5) is 0 Å². The molecule has 4 rings (SSSR count). The van der Waals surface area contributed by atoms with Gasteiger partial charge in [0.15, 0.2) is 0 Å². The highest BCUT2D eigenvalue weighted by atomic mass is 16.6. The third-order valence-corrected chi connectivity index (χ3v) is 7.45. The Bertz CT molecular complexity index is 591. The molecule has 4 nitrogen and oxygen atoms in total. The second-order valence-corrected chi connectivity index (χ2v) is 9.97. The normalized spacial score (nSPS) is 42.4. The molecular formula is C22H36O4. The lowest BCUT2D eigenvalue weighted by molar-refractivity contribution is -0.264. The first kappa shape index (κ1) is 19.9. The van der Waals surface area contributed by atoms with Crippen molar-refractivity contribution in [3.05, 3.63) is 11.6 Å². The Morgan fingerprint density at radius 3 is 2.23 bits per heavy atom. The number of allylic oxidation sites excluding steroid dienone is 1. The van der Waals surface area contributed by atoms with Gasteiger partial charge in [0.2, 0.25) is 0 Å². The molecule has 4 saturated carbocycles. The monoisotopic (exact) mass is 364 g/mol. The van der Waals surface area contributed by atoms with Crippen molar-refractivity contribution in [1.29, 1.82) is 0 Å². The van der Waals surface area contributed by atoms with E-state index < -0.39 is 22.2 Å². The molecule has 4 fully saturated rings. The van der Waals surface area contributed by atoms with Crippen LogP contribution >= 0.6 is 0 Å². The summed E-state index contributed by atoms with van der Waals surface area (Å²) < 4.78 is 6.21. The summed E-state index contributed by atoms with van der Waals surface area (Å²) in [6.07, 6.45) is 7.47. The Labute approximate surface area is 158 Å². The van der Waals surface area contributed by atoms with Gasteiger partial charge in [-0.3, -0.25) is 4.79 Å². The van der Waals surface area contributed by atoms with E-state index in [1.807, 2.05) is 6.92 Å². The lowest BCUT2D eigenvalue weighted by atomic mass is 9.50. The zero-order chi connectivity index (χ0) is 19.4. The van der Waals surface area contributed by atoms with E-state index in [4.69, 9.17) is 4.74 Å². The van der Waals surface area contributed by atoms with Crippen LogP contribution in [-0.4, -0.2) is 33.0 Å². The molecule has 148 valence electrons. The van der Waals surface area contributed by atoms with Crippen LogP contribution in [0, 0.1) is 17.3 Å². The average Bonchev–Trinajstić information content (AvgIpc) is 2.49. The molecule has 4 aliphatic carbocycles. The molecule has 0 amide bonds. The van der Waals surface area contributed by atoms with Gasteiger partial charge in [0.1, 0.15) is 5.60 Å². The van der Waals surface area contributed by atoms with E-state index >= 15 is 0 Å². The standard InChI is InChI=1S/C22H36O4/c1-6-15(3)8-19(5,16(4)7-2)18(23)26-22-11-17-9-20(24,13-22)12-21(25,10-17)14-22/h8,16-17,24-25H,6-7,9-14H2,1-5H3/b15-8-. The molecule has 0 aromatic carbocycles. The highest BCUT2D eigenvalue weighted by Crippen LogP contribution is 2.61. The van der Waals surface area contributed by atoms with Gasteiger partial charge >= 0.3 is 5.97 Å². The fourth-order valence-electron chi connectivity index (χ4n) is 6.11. The van der Waals surface area contributed by atoms with Crippen molar-refractivity contribution in [2.24, 2.45) is 17.3 Å². The van der Waals surface area contributed by atoms with Gasteiger partial charge in [-0.25, -0.2) is 0 Å². The Balaban J connectivity index is 1.88. The van der Waals surface area contributed by atoms with Gasteiger partial charge < -0.3 is 14.9 Å².